The second-order valence-corrected chi connectivity index (χ2v) is 7.30. The lowest BCUT2D eigenvalue weighted by Gasteiger charge is -2.30. The molecule has 1 N–H and O–H groups in total. The summed E-state index contributed by atoms with van der Waals surface area (Å²) in [5, 5.41) is 3.17. The largest absolute Gasteiger partial charge is 0.378 e. The molecule has 1 amide bonds. The number of para-hydroxylation sites is 2. The first-order valence-electron chi connectivity index (χ1n) is 9.01. The third-order valence-corrected chi connectivity index (χ3v) is 5.86. The van der Waals surface area contributed by atoms with E-state index in [0.29, 0.717) is 12.3 Å². The van der Waals surface area contributed by atoms with E-state index in [1.807, 2.05) is 18.2 Å². The summed E-state index contributed by atoms with van der Waals surface area (Å²) < 4.78 is 5.43. The van der Waals surface area contributed by atoms with Crippen LogP contribution in [0.25, 0.3) is 0 Å². The summed E-state index contributed by atoms with van der Waals surface area (Å²) >= 11 is 0. The normalized spacial score (nSPS) is 29.7. The van der Waals surface area contributed by atoms with Crippen LogP contribution in [0.4, 0.5) is 11.4 Å². The molecule has 3 aliphatic rings. The summed E-state index contributed by atoms with van der Waals surface area (Å²) in [4.78, 5) is 14.8. The molecular weight excluding hydrogens is 288 g/mol. The van der Waals surface area contributed by atoms with E-state index >= 15 is 0 Å². The van der Waals surface area contributed by atoms with Crippen LogP contribution in [0.15, 0.2) is 24.3 Å². The van der Waals surface area contributed by atoms with E-state index in [2.05, 4.69) is 16.3 Å². The zero-order valence-corrected chi connectivity index (χ0v) is 13.7. The molecule has 3 atom stereocenters. The molecule has 0 spiro atoms. The van der Waals surface area contributed by atoms with E-state index < -0.39 is 0 Å². The number of morpholine rings is 1. The average molecular weight is 314 g/mol. The lowest BCUT2D eigenvalue weighted by molar-refractivity contribution is -0.117. The Morgan fingerprint density at radius 3 is 2.74 bits per heavy atom. The second kappa shape index (κ2) is 6.52. The molecule has 1 aromatic carbocycles. The molecule has 4 heteroatoms. The van der Waals surface area contributed by atoms with Gasteiger partial charge in [-0.15, -0.1) is 0 Å². The predicted molar refractivity (Wildman–Crippen MR) is 91.7 cm³/mol. The number of carbonyl (C=O) groups is 1. The summed E-state index contributed by atoms with van der Waals surface area (Å²) in [7, 11) is 0. The van der Waals surface area contributed by atoms with Crippen LogP contribution in [0.5, 0.6) is 0 Å². The number of rotatable bonds is 4. The van der Waals surface area contributed by atoms with Crippen molar-refractivity contribution in [1.29, 1.82) is 0 Å². The number of benzene rings is 1. The number of nitrogens with one attached hydrogen (secondary N) is 1. The Bertz CT molecular complexity index is 568. The maximum atomic E-state index is 12.5. The van der Waals surface area contributed by atoms with Gasteiger partial charge in [-0.2, -0.15) is 0 Å². The Hall–Kier alpha value is -1.55. The topological polar surface area (TPSA) is 41.6 Å². The van der Waals surface area contributed by atoms with E-state index in [9.17, 15) is 4.79 Å². The first-order chi connectivity index (χ1) is 11.3. The summed E-state index contributed by atoms with van der Waals surface area (Å²) in [6.45, 7) is 3.29. The Balaban J connectivity index is 1.41. The van der Waals surface area contributed by atoms with Crippen LogP contribution in [-0.2, 0) is 9.53 Å². The van der Waals surface area contributed by atoms with Crippen molar-refractivity contribution in [2.24, 2.45) is 17.8 Å². The van der Waals surface area contributed by atoms with Crippen molar-refractivity contribution in [2.45, 2.75) is 32.1 Å². The zero-order chi connectivity index (χ0) is 15.6. The second-order valence-electron chi connectivity index (χ2n) is 7.30. The molecular formula is C19H26N2O2. The van der Waals surface area contributed by atoms with Gasteiger partial charge in [0.05, 0.1) is 24.6 Å². The number of nitrogens with zero attached hydrogens (tertiary/aromatic N) is 1. The van der Waals surface area contributed by atoms with Gasteiger partial charge in [0.2, 0.25) is 5.91 Å². The van der Waals surface area contributed by atoms with Gasteiger partial charge in [0.25, 0.3) is 0 Å². The molecule has 2 aliphatic carbocycles. The standard InChI is InChI=1S/C19H26N2O2/c22-19(13-16-12-14-5-6-15(16)11-14)20-17-3-1-2-4-18(17)21-7-9-23-10-8-21/h1-4,14-16H,5-13H2,(H,20,22)/t14-,15-,16+/m1/s1. The van der Waals surface area contributed by atoms with Gasteiger partial charge in [0.15, 0.2) is 0 Å². The zero-order valence-electron chi connectivity index (χ0n) is 13.7. The molecule has 2 bridgehead atoms. The van der Waals surface area contributed by atoms with Gasteiger partial charge in [-0.3, -0.25) is 4.79 Å². The van der Waals surface area contributed by atoms with E-state index in [0.717, 1.165) is 49.5 Å². The molecule has 0 aromatic heterocycles. The van der Waals surface area contributed by atoms with Crippen molar-refractivity contribution >= 4 is 17.3 Å². The van der Waals surface area contributed by atoms with Crippen LogP contribution in [-0.4, -0.2) is 32.2 Å². The third kappa shape index (κ3) is 3.23. The Morgan fingerprint density at radius 1 is 1.17 bits per heavy atom. The molecule has 0 radical (unpaired) electrons. The Kier molecular flexibility index (Phi) is 4.25. The van der Waals surface area contributed by atoms with Gasteiger partial charge < -0.3 is 15.0 Å². The quantitative estimate of drug-likeness (QED) is 0.927. The van der Waals surface area contributed by atoms with Gasteiger partial charge in [0, 0.05) is 19.5 Å². The van der Waals surface area contributed by atoms with Gasteiger partial charge in [-0.05, 0) is 49.1 Å². The van der Waals surface area contributed by atoms with Crippen LogP contribution < -0.4 is 10.2 Å². The van der Waals surface area contributed by atoms with Crippen LogP contribution in [0.2, 0.25) is 0 Å². The predicted octanol–water partition coefficient (Wildman–Crippen LogP) is 3.29. The molecule has 4 rings (SSSR count). The maximum Gasteiger partial charge on any atom is 0.224 e. The lowest BCUT2D eigenvalue weighted by Crippen LogP contribution is -2.36. The summed E-state index contributed by atoms with van der Waals surface area (Å²) in [5.74, 6) is 2.51. The number of hydrogen-bond donors (Lipinski definition) is 1. The third-order valence-electron chi connectivity index (χ3n) is 5.86. The molecule has 1 saturated heterocycles. The lowest BCUT2D eigenvalue weighted by atomic mass is 9.86. The number of amides is 1. The first-order valence-corrected chi connectivity index (χ1v) is 9.01. The highest BCUT2D eigenvalue weighted by molar-refractivity contribution is 5.94. The molecule has 1 aliphatic heterocycles. The molecule has 23 heavy (non-hydrogen) atoms. The molecule has 1 aromatic rings. The van der Waals surface area contributed by atoms with Crippen LogP contribution in [0.3, 0.4) is 0 Å². The van der Waals surface area contributed by atoms with Crippen molar-refractivity contribution in [2.75, 3.05) is 36.5 Å². The highest BCUT2D eigenvalue weighted by atomic mass is 16.5. The average Bonchev–Trinajstić information content (AvgIpc) is 3.19. The number of hydrogen-bond acceptors (Lipinski definition) is 3. The van der Waals surface area contributed by atoms with Gasteiger partial charge >= 0.3 is 0 Å². The monoisotopic (exact) mass is 314 g/mol. The maximum absolute atomic E-state index is 12.5. The van der Waals surface area contributed by atoms with Crippen LogP contribution in [0.1, 0.15) is 32.1 Å². The van der Waals surface area contributed by atoms with E-state index in [4.69, 9.17) is 4.74 Å². The van der Waals surface area contributed by atoms with Crippen LogP contribution in [0, 0.1) is 17.8 Å². The fourth-order valence-electron chi connectivity index (χ4n) is 4.73. The van der Waals surface area contributed by atoms with Crippen molar-refractivity contribution in [3.63, 3.8) is 0 Å². The molecule has 1 heterocycles. The van der Waals surface area contributed by atoms with Crippen molar-refractivity contribution < 1.29 is 9.53 Å². The molecule has 0 unspecified atom stereocenters. The van der Waals surface area contributed by atoms with Crippen molar-refractivity contribution in [3.8, 4) is 0 Å². The SMILES string of the molecule is O=C(C[C@@H]1C[C@@H]2CC[C@@H]1C2)Nc1ccccc1N1CCOCC1. The minimum Gasteiger partial charge on any atom is -0.378 e. The fraction of sp³-hybridized carbons (Fsp3) is 0.632. The minimum absolute atomic E-state index is 0.184. The first kappa shape index (κ1) is 15.0. The number of carbonyl (C=O) groups excluding carboxylic acids is 1. The smallest absolute Gasteiger partial charge is 0.224 e. The van der Waals surface area contributed by atoms with Crippen molar-refractivity contribution in [3.05, 3.63) is 24.3 Å². The van der Waals surface area contributed by atoms with Gasteiger partial charge in [0.1, 0.15) is 0 Å². The van der Waals surface area contributed by atoms with Crippen LogP contribution >= 0.6 is 0 Å². The number of ether oxygens (including phenoxy) is 1. The Labute approximate surface area is 138 Å². The highest BCUT2D eigenvalue weighted by Gasteiger charge is 2.40. The summed E-state index contributed by atoms with van der Waals surface area (Å²) in [6, 6.07) is 8.15. The Morgan fingerprint density at radius 2 is 2.00 bits per heavy atom. The minimum atomic E-state index is 0.184. The van der Waals surface area contributed by atoms with E-state index in [1.165, 1.54) is 25.7 Å². The van der Waals surface area contributed by atoms with Crippen molar-refractivity contribution in [1.82, 2.24) is 0 Å². The molecule has 3 fully saturated rings. The molecule has 124 valence electrons. The molecule has 2 saturated carbocycles. The summed E-state index contributed by atoms with van der Waals surface area (Å²) in [5.41, 5.74) is 2.07. The summed E-state index contributed by atoms with van der Waals surface area (Å²) in [6.07, 6.45) is 6.06. The number of anilines is 2. The fourth-order valence-corrected chi connectivity index (χ4v) is 4.73. The highest BCUT2D eigenvalue weighted by Crippen LogP contribution is 2.49. The van der Waals surface area contributed by atoms with E-state index in [-0.39, 0.29) is 5.91 Å². The number of fused-ring (bicyclic) bond motifs is 2. The molecule has 4 nitrogen and oxygen atoms in total. The van der Waals surface area contributed by atoms with Gasteiger partial charge in [-0.25, -0.2) is 0 Å². The van der Waals surface area contributed by atoms with E-state index in [1.54, 1.807) is 0 Å². The van der Waals surface area contributed by atoms with Gasteiger partial charge in [-0.1, -0.05) is 18.6 Å².